The molecule has 0 aliphatic carbocycles. The van der Waals surface area contributed by atoms with E-state index in [1.54, 1.807) is 25.1 Å². The summed E-state index contributed by atoms with van der Waals surface area (Å²) in [7, 11) is -3.77. The summed E-state index contributed by atoms with van der Waals surface area (Å²) in [6.07, 6.45) is 0. The van der Waals surface area contributed by atoms with Gasteiger partial charge in [0.2, 0.25) is 0 Å². The van der Waals surface area contributed by atoms with Crippen LogP contribution in [0.5, 0.6) is 0 Å². The van der Waals surface area contributed by atoms with Crippen LogP contribution in [0.25, 0.3) is 0 Å². The van der Waals surface area contributed by atoms with Crippen LogP contribution in [-0.4, -0.2) is 13.4 Å². The molecule has 3 N–H and O–H groups in total. The number of anilines is 2. The van der Waals surface area contributed by atoms with Crippen molar-refractivity contribution in [3.63, 3.8) is 0 Å². The van der Waals surface area contributed by atoms with Gasteiger partial charge in [0, 0.05) is 10.2 Å². The molecule has 8 heteroatoms. The molecule has 106 valence electrons. The van der Waals surface area contributed by atoms with Crippen molar-refractivity contribution in [2.24, 2.45) is 0 Å². The highest BCUT2D eigenvalue weighted by molar-refractivity contribution is 9.10. The Kier molecular flexibility index (Phi) is 4.22. The van der Waals surface area contributed by atoms with Gasteiger partial charge in [0.1, 0.15) is 11.0 Å². The Morgan fingerprint density at radius 1 is 1.35 bits per heavy atom. The van der Waals surface area contributed by atoms with E-state index >= 15 is 0 Å². The maximum absolute atomic E-state index is 12.3. The van der Waals surface area contributed by atoms with Crippen molar-refractivity contribution in [1.29, 1.82) is 0 Å². The molecule has 2 aromatic rings. The lowest BCUT2D eigenvalue weighted by Gasteiger charge is -2.11. The van der Waals surface area contributed by atoms with Gasteiger partial charge in [-0.2, -0.15) is 0 Å². The lowest BCUT2D eigenvalue weighted by atomic mass is 10.2. The molecule has 0 atom stereocenters. The Morgan fingerprint density at radius 2 is 2.05 bits per heavy atom. The summed E-state index contributed by atoms with van der Waals surface area (Å²) in [6, 6.07) is 7.72. The average molecular weight is 377 g/mol. The van der Waals surface area contributed by atoms with Crippen molar-refractivity contribution < 1.29 is 8.42 Å². The fraction of sp³-hybridized carbons (Fsp3) is 0.0833. The molecule has 0 fully saturated rings. The number of benzene rings is 1. The highest BCUT2D eigenvalue weighted by atomic mass is 79.9. The highest BCUT2D eigenvalue weighted by Crippen LogP contribution is 2.27. The molecule has 1 heterocycles. The minimum absolute atomic E-state index is 0.0972. The second-order valence-corrected chi connectivity index (χ2v) is 6.98. The molecule has 0 radical (unpaired) electrons. The molecular formula is C12H11BrClN3O2S. The number of pyridine rings is 1. The van der Waals surface area contributed by atoms with Crippen LogP contribution in [0.1, 0.15) is 5.56 Å². The van der Waals surface area contributed by atoms with E-state index in [4.69, 9.17) is 17.3 Å². The number of nitrogens with two attached hydrogens (primary N) is 1. The van der Waals surface area contributed by atoms with E-state index in [1.165, 1.54) is 12.1 Å². The van der Waals surface area contributed by atoms with Crippen LogP contribution in [0.15, 0.2) is 39.7 Å². The molecule has 0 spiro atoms. The molecule has 0 unspecified atom stereocenters. The number of sulfonamides is 1. The van der Waals surface area contributed by atoms with Crippen LogP contribution in [0.4, 0.5) is 11.5 Å². The number of nitrogen functional groups attached to an aromatic ring is 1. The predicted molar refractivity (Wildman–Crippen MR) is 83.3 cm³/mol. The number of nitrogens with zero attached hydrogens (tertiary/aromatic N) is 1. The van der Waals surface area contributed by atoms with Crippen LogP contribution >= 0.6 is 27.5 Å². The van der Waals surface area contributed by atoms with Crippen molar-refractivity contribution >= 4 is 49.1 Å². The molecule has 1 aromatic carbocycles. The zero-order chi connectivity index (χ0) is 14.9. The van der Waals surface area contributed by atoms with Gasteiger partial charge in [-0.3, -0.25) is 4.72 Å². The SMILES string of the molecule is Cc1cc(Br)c(N)cc1S(=O)(=O)Nc1cccc(Cl)n1. The molecule has 0 aliphatic heterocycles. The van der Waals surface area contributed by atoms with Gasteiger partial charge in [-0.25, -0.2) is 13.4 Å². The first-order valence-electron chi connectivity index (χ1n) is 5.50. The zero-order valence-corrected chi connectivity index (χ0v) is 13.6. The number of hydrogen-bond donors (Lipinski definition) is 2. The largest absolute Gasteiger partial charge is 0.398 e. The molecule has 20 heavy (non-hydrogen) atoms. The van der Waals surface area contributed by atoms with Crippen molar-refractivity contribution in [1.82, 2.24) is 4.98 Å². The van der Waals surface area contributed by atoms with E-state index in [0.717, 1.165) is 0 Å². The maximum Gasteiger partial charge on any atom is 0.263 e. The number of halogens is 2. The fourth-order valence-corrected chi connectivity index (χ4v) is 3.50. The second-order valence-electron chi connectivity index (χ2n) is 4.09. The van der Waals surface area contributed by atoms with Crippen molar-refractivity contribution in [2.45, 2.75) is 11.8 Å². The minimum Gasteiger partial charge on any atom is -0.398 e. The number of nitrogens with one attached hydrogen (secondary N) is 1. The molecular weight excluding hydrogens is 366 g/mol. The lowest BCUT2D eigenvalue weighted by Crippen LogP contribution is -2.15. The average Bonchev–Trinajstić information content (AvgIpc) is 2.33. The first-order chi connectivity index (χ1) is 9.29. The molecule has 0 amide bonds. The molecule has 1 aromatic heterocycles. The first-order valence-corrected chi connectivity index (χ1v) is 8.16. The Hall–Kier alpha value is -1.31. The smallest absolute Gasteiger partial charge is 0.263 e. The third-order valence-corrected chi connectivity index (χ3v) is 4.93. The van der Waals surface area contributed by atoms with E-state index in [0.29, 0.717) is 15.7 Å². The van der Waals surface area contributed by atoms with Gasteiger partial charge in [0.05, 0.1) is 4.90 Å². The van der Waals surface area contributed by atoms with Crippen molar-refractivity contribution in [3.8, 4) is 0 Å². The summed E-state index contributed by atoms with van der Waals surface area (Å²) in [6.45, 7) is 1.68. The Balaban J connectivity index is 2.43. The van der Waals surface area contributed by atoms with E-state index < -0.39 is 10.0 Å². The van der Waals surface area contributed by atoms with E-state index in [-0.39, 0.29) is 15.9 Å². The van der Waals surface area contributed by atoms with Crippen molar-refractivity contribution in [2.75, 3.05) is 10.5 Å². The van der Waals surface area contributed by atoms with Gasteiger partial charge in [0.25, 0.3) is 10.0 Å². The van der Waals surface area contributed by atoms with E-state index in [1.807, 2.05) is 0 Å². The van der Waals surface area contributed by atoms with Gasteiger partial charge in [-0.15, -0.1) is 0 Å². The normalized spacial score (nSPS) is 11.3. The summed E-state index contributed by atoms with van der Waals surface area (Å²) in [5.41, 5.74) is 6.64. The summed E-state index contributed by atoms with van der Waals surface area (Å²) in [5.74, 6) is 0.151. The molecule has 0 saturated heterocycles. The quantitative estimate of drug-likeness (QED) is 0.636. The summed E-state index contributed by atoms with van der Waals surface area (Å²) in [5, 5.41) is 0.206. The second kappa shape index (κ2) is 5.59. The maximum atomic E-state index is 12.3. The zero-order valence-electron chi connectivity index (χ0n) is 10.4. The Bertz CT molecular complexity index is 765. The van der Waals surface area contributed by atoms with Gasteiger partial charge in [-0.1, -0.05) is 17.7 Å². The number of aryl methyl sites for hydroxylation is 1. The minimum atomic E-state index is -3.77. The van der Waals surface area contributed by atoms with Gasteiger partial charge in [0.15, 0.2) is 0 Å². The van der Waals surface area contributed by atoms with Gasteiger partial charge in [-0.05, 0) is 52.7 Å². The van der Waals surface area contributed by atoms with Crippen LogP contribution < -0.4 is 10.5 Å². The Morgan fingerprint density at radius 3 is 2.70 bits per heavy atom. The van der Waals surface area contributed by atoms with Crippen molar-refractivity contribution in [3.05, 3.63) is 45.5 Å². The van der Waals surface area contributed by atoms with Crippen LogP contribution in [0.2, 0.25) is 5.15 Å². The summed E-state index contributed by atoms with van der Waals surface area (Å²) < 4.78 is 27.7. The van der Waals surface area contributed by atoms with E-state index in [2.05, 4.69) is 25.6 Å². The van der Waals surface area contributed by atoms with Gasteiger partial charge >= 0.3 is 0 Å². The monoisotopic (exact) mass is 375 g/mol. The lowest BCUT2D eigenvalue weighted by molar-refractivity contribution is 0.600. The summed E-state index contributed by atoms with van der Waals surface area (Å²) in [4.78, 5) is 3.99. The summed E-state index contributed by atoms with van der Waals surface area (Å²) >= 11 is 8.98. The topological polar surface area (TPSA) is 85.1 Å². The molecule has 0 saturated carbocycles. The predicted octanol–water partition coefficient (Wildman–Crippen LogP) is 3.19. The molecule has 0 aliphatic rings. The molecule has 2 rings (SSSR count). The number of rotatable bonds is 3. The number of aromatic nitrogens is 1. The van der Waals surface area contributed by atoms with Crippen LogP contribution in [-0.2, 0) is 10.0 Å². The first kappa shape index (κ1) is 15.1. The third kappa shape index (κ3) is 3.23. The highest BCUT2D eigenvalue weighted by Gasteiger charge is 2.19. The fourth-order valence-electron chi connectivity index (χ4n) is 1.62. The molecule has 0 bridgehead atoms. The van der Waals surface area contributed by atoms with Crippen LogP contribution in [0, 0.1) is 6.92 Å². The standard InChI is InChI=1S/C12H11BrClN3O2S/c1-7-5-8(13)9(15)6-10(7)20(18,19)17-12-4-2-3-11(14)16-12/h2-6H,15H2,1H3,(H,16,17). The molecule has 5 nitrogen and oxygen atoms in total. The van der Waals surface area contributed by atoms with Crippen LogP contribution in [0.3, 0.4) is 0 Å². The van der Waals surface area contributed by atoms with E-state index in [9.17, 15) is 8.42 Å². The Labute approximate surface area is 130 Å². The number of hydrogen-bond acceptors (Lipinski definition) is 4. The van der Waals surface area contributed by atoms with Gasteiger partial charge < -0.3 is 5.73 Å². The third-order valence-electron chi connectivity index (χ3n) is 2.54.